The van der Waals surface area contributed by atoms with Crippen molar-refractivity contribution in [3.8, 4) is 0 Å². The summed E-state index contributed by atoms with van der Waals surface area (Å²) in [7, 11) is 1.41. The van der Waals surface area contributed by atoms with E-state index in [9.17, 15) is 31.5 Å². The van der Waals surface area contributed by atoms with Crippen LogP contribution in [-0.2, 0) is 15.8 Å². The van der Waals surface area contributed by atoms with Gasteiger partial charge < -0.3 is 10.2 Å². The molecule has 1 aliphatic rings. The summed E-state index contributed by atoms with van der Waals surface area (Å²) in [5.74, 6) is -6.12. The monoisotopic (exact) mass is 399 g/mol. The van der Waals surface area contributed by atoms with Crippen LogP contribution in [0.25, 0.3) is 0 Å². The molecular formula is C18H14F5N3O2. The van der Waals surface area contributed by atoms with Crippen molar-refractivity contribution in [2.24, 2.45) is 5.92 Å². The molecule has 5 nitrogen and oxygen atoms in total. The van der Waals surface area contributed by atoms with Crippen molar-refractivity contribution in [3.63, 3.8) is 0 Å². The van der Waals surface area contributed by atoms with Gasteiger partial charge in [0.05, 0.1) is 11.3 Å². The molecule has 0 aliphatic carbocycles. The number of carbonyl (C=O) groups excluding carboxylic acids is 2. The number of nitrogens with zero attached hydrogens (tertiary/aromatic N) is 2. The van der Waals surface area contributed by atoms with Crippen molar-refractivity contribution in [1.82, 2.24) is 9.88 Å². The highest BCUT2D eigenvalue weighted by Crippen LogP contribution is 2.37. The molecule has 1 saturated heterocycles. The predicted octanol–water partition coefficient (Wildman–Crippen LogP) is 3.19. The third-order valence-corrected chi connectivity index (χ3v) is 4.51. The van der Waals surface area contributed by atoms with Gasteiger partial charge in [0.25, 0.3) is 0 Å². The molecule has 1 fully saturated rings. The number of pyridine rings is 1. The standard InChI is InChI=1S/C18H14F5N3O2/c1-26-8-11(9-3-2-4-10(7-9)18(21,22)23)14(17(26)28)16(27)24-12-5-6-13(19)25-15(12)20/h2-7,11,14H,8H2,1H3,(H,24,27)/t11-,14+/m1/s1. The number of likely N-dealkylation sites (N-methyl/N-ethyl adjacent to an activating group) is 1. The van der Waals surface area contributed by atoms with Crippen molar-refractivity contribution in [3.05, 3.63) is 59.4 Å². The molecule has 28 heavy (non-hydrogen) atoms. The fourth-order valence-electron chi connectivity index (χ4n) is 3.15. The lowest BCUT2D eigenvalue weighted by Crippen LogP contribution is -2.33. The van der Waals surface area contributed by atoms with E-state index in [0.29, 0.717) is 0 Å². The van der Waals surface area contributed by atoms with Crippen molar-refractivity contribution in [2.45, 2.75) is 12.1 Å². The maximum absolute atomic E-state index is 13.7. The summed E-state index contributed by atoms with van der Waals surface area (Å²) in [5, 5.41) is 2.16. The molecule has 0 saturated carbocycles. The normalized spacial score (nSPS) is 19.8. The van der Waals surface area contributed by atoms with E-state index in [1.807, 2.05) is 0 Å². The van der Waals surface area contributed by atoms with E-state index in [1.165, 1.54) is 24.1 Å². The first-order chi connectivity index (χ1) is 13.1. The average molecular weight is 399 g/mol. The number of nitrogens with one attached hydrogen (secondary N) is 1. The van der Waals surface area contributed by atoms with E-state index in [1.54, 1.807) is 0 Å². The van der Waals surface area contributed by atoms with Crippen LogP contribution in [-0.4, -0.2) is 35.3 Å². The average Bonchev–Trinajstić information content (AvgIpc) is 2.92. The smallest absolute Gasteiger partial charge is 0.344 e. The maximum Gasteiger partial charge on any atom is 0.416 e. The number of anilines is 1. The highest BCUT2D eigenvalue weighted by atomic mass is 19.4. The summed E-state index contributed by atoms with van der Waals surface area (Å²) in [5.41, 5.74) is -1.18. The van der Waals surface area contributed by atoms with Crippen LogP contribution in [0.1, 0.15) is 17.0 Å². The van der Waals surface area contributed by atoms with E-state index in [-0.39, 0.29) is 12.1 Å². The lowest BCUT2D eigenvalue weighted by molar-refractivity contribution is -0.137. The zero-order valence-corrected chi connectivity index (χ0v) is 14.4. The van der Waals surface area contributed by atoms with Crippen LogP contribution in [0.3, 0.4) is 0 Å². The Morgan fingerprint density at radius 2 is 1.93 bits per heavy atom. The van der Waals surface area contributed by atoms with Gasteiger partial charge in [-0.3, -0.25) is 9.59 Å². The Morgan fingerprint density at radius 3 is 2.57 bits per heavy atom. The summed E-state index contributed by atoms with van der Waals surface area (Å²) in [6.45, 7) is 0.0163. The first kappa shape index (κ1) is 19.7. The van der Waals surface area contributed by atoms with Crippen molar-refractivity contribution in [2.75, 3.05) is 18.9 Å². The number of benzene rings is 1. The van der Waals surface area contributed by atoms with Gasteiger partial charge in [-0.15, -0.1) is 0 Å². The van der Waals surface area contributed by atoms with Gasteiger partial charge in [-0.05, 0) is 23.8 Å². The van der Waals surface area contributed by atoms with Crippen LogP contribution in [0.2, 0.25) is 0 Å². The molecule has 0 unspecified atom stereocenters. The Labute approximate surface area is 156 Å². The Kier molecular flexibility index (Phi) is 5.05. The molecule has 1 N–H and O–H groups in total. The number of halogens is 5. The Balaban J connectivity index is 1.91. The Hall–Kier alpha value is -3.04. The minimum absolute atomic E-state index is 0.0163. The predicted molar refractivity (Wildman–Crippen MR) is 88.1 cm³/mol. The number of aromatic nitrogens is 1. The van der Waals surface area contributed by atoms with Crippen LogP contribution in [0.5, 0.6) is 0 Å². The topological polar surface area (TPSA) is 62.3 Å². The lowest BCUT2D eigenvalue weighted by atomic mass is 9.87. The van der Waals surface area contributed by atoms with Gasteiger partial charge in [0.15, 0.2) is 0 Å². The fourth-order valence-corrected chi connectivity index (χ4v) is 3.15. The third-order valence-electron chi connectivity index (χ3n) is 4.51. The van der Waals surface area contributed by atoms with Crippen LogP contribution < -0.4 is 5.32 Å². The van der Waals surface area contributed by atoms with Gasteiger partial charge in [-0.1, -0.05) is 18.2 Å². The molecule has 2 aromatic rings. The van der Waals surface area contributed by atoms with Crippen LogP contribution in [0.15, 0.2) is 36.4 Å². The molecule has 0 radical (unpaired) electrons. The quantitative estimate of drug-likeness (QED) is 0.490. The lowest BCUT2D eigenvalue weighted by Gasteiger charge is -2.18. The van der Waals surface area contributed by atoms with E-state index in [2.05, 4.69) is 10.3 Å². The molecule has 1 aliphatic heterocycles. The number of alkyl halides is 3. The largest absolute Gasteiger partial charge is 0.416 e. The minimum Gasteiger partial charge on any atom is -0.344 e. The molecule has 2 heterocycles. The van der Waals surface area contributed by atoms with E-state index in [4.69, 9.17) is 0 Å². The molecule has 2 amide bonds. The van der Waals surface area contributed by atoms with Crippen LogP contribution in [0.4, 0.5) is 27.6 Å². The molecule has 1 aromatic carbocycles. The van der Waals surface area contributed by atoms with E-state index in [0.717, 1.165) is 24.3 Å². The number of rotatable bonds is 3. The summed E-state index contributed by atoms with van der Waals surface area (Å²) in [6, 6.07) is 6.13. The molecule has 3 rings (SSSR count). The zero-order chi connectivity index (χ0) is 20.6. The molecule has 10 heteroatoms. The second-order valence-corrected chi connectivity index (χ2v) is 6.39. The first-order valence-electron chi connectivity index (χ1n) is 8.13. The summed E-state index contributed by atoms with van der Waals surface area (Å²) in [4.78, 5) is 29.2. The van der Waals surface area contributed by atoms with Gasteiger partial charge in [0.2, 0.25) is 23.7 Å². The summed E-state index contributed by atoms with van der Waals surface area (Å²) < 4.78 is 65.6. The SMILES string of the molecule is CN1C[C@H](c2cccc(C(F)(F)F)c2)[C@@H](C(=O)Nc2ccc(F)nc2F)C1=O. The Bertz CT molecular complexity index is 932. The Morgan fingerprint density at radius 1 is 1.21 bits per heavy atom. The fraction of sp³-hybridized carbons (Fsp3) is 0.278. The molecule has 0 bridgehead atoms. The molecule has 0 spiro atoms. The van der Waals surface area contributed by atoms with Gasteiger partial charge in [0, 0.05) is 19.5 Å². The molecule has 1 aromatic heterocycles. The van der Waals surface area contributed by atoms with E-state index < -0.39 is 53.0 Å². The second-order valence-electron chi connectivity index (χ2n) is 6.39. The number of hydrogen-bond acceptors (Lipinski definition) is 3. The zero-order valence-electron chi connectivity index (χ0n) is 14.4. The van der Waals surface area contributed by atoms with Gasteiger partial charge in [-0.25, -0.2) is 0 Å². The number of likely N-dealkylation sites (tertiary alicyclic amines) is 1. The van der Waals surface area contributed by atoms with Crippen molar-refractivity contribution in [1.29, 1.82) is 0 Å². The van der Waals surface area contributed by atoms with Crippen LogP contribution >= 0.6 is 0 Å². The number of hydrogen-bond donors (Lipinski definition) is 1. The molecular weight excluding hydrogens is 385 g/mol. The third kappa shape index (κ3) is 3.80. The van der Waals surface area contributed by atoms with E-state index >= 15 is 0 Å². The second kappa shape index (κ2) is 7.17. The molecule has 2 atom stereocenters. The minimum atomic E-state index is -4.58. The van der Waals surface area contributed by atoms with Gasteiger partial charge >= 0.3 is 6.18 Å². The number of carbonyl (C=O) groups is 2. The highest BCUT2D eigenvalue weighted by molar-refractivity contribution is 6.08. The maximum atomic E-state index is 13.7. The highest BCUT2D eigenvalue weighted by Gasteiger charge is 2.45. The van der Waals surface area contributed by atoms with Crippen LogP contribution in [0, 0.1) is 17.8 Å². The summed E-state index contributed by atoms with van der Waals surface area (Å²) >= 11 is 0. The first-order valence-corrected chi connectivity index (χ1v) is 8.13. The van der Waals surface area contributed by atoms with Crippen molar-refractivity contribution >= 4 is 17.5 Å². The van der Waals surface area contributed by atoms with Gasteiger partial charge in [0.1, 0.15) is 5.92 Å². The van der Waals surface area contributed by atoms with Crippen molar-refractivity contribution < 1.29 is 31.5 Å². The number of amides is 2. The van der Waals surface area contributed by atoms with Gasteiger partial charge in [-0.2, -0.15) is 26.9 Å². The summed E-state index contributed by atoms with van der Waals surface area (Å²) in [6.07, 6.45) is -4.58. The molecule has 148 valence electrons.